The van der Waals surface area contributed by atoms with Gasteiger partial charge in [-0.25, -0.2) is 0 Å². The smallest absolute Gasteiger partial charge is 0.167 e. The quantitative estimate of drug-likeness (QED) is 0.645. The maximum absolute atomic E-state index is 12.4. The van der Waals surface area contributed by atoms with Gasteiger partial charge < -0.3 is 4.74 Å². The van der Waals surface area contributed by atoms with Gasteiger partial charge in [0, 0.05) is 22.6 Å². The third kappa shape index (κ3) is 1.84. The number of ketones is 1. The van der Waals surface area contributed by atoms with Crippen LogP contribution in [0.3, 0.4) is 0 Å². The second-order valence-electron chi connectivity index (χ2n) is 7.30. The van der Waals surface area contributed by atoms with Crippen LogP contribution in [0.15, 0.2) is 78.1 Å². The fourth-order valence-corrected chi connectivity index (χ4v) is 5.02. The topological polar surface area (TPSA) is 26.3 Å². The Morgan fingerprint density at radius 3 is 2.50 bits per heavy atom. The zero-order valence-corrected chi connectivity index (χ0v) is 15.0. The molecule has 3 aromatic carbocycles. The average molecular weight is 340 g/mol. The summed E-state index contributed by atoms with van der Waals surface area (Å²) in [5, 5.41) is 2.38. The summed E-state index contributed by atoms with van der Waals surface area (Å²) in [4.78, 5) is 12.4. The van der Waals surface area contributed by atoms with Crippen LogP contribution in [-0.2, 0) is 21.6 Å². The van der Waals surface area contributed by atoms with Crippen LogP contribution in [0, 0.1) is 5.92 Å². The molecular weight excluding hydrogens is 320 g/mol. The Bertz CT molecular complexity index is 1090. The number of carbonyl (C=O) groups excluding carboxylic acids is 1. The predicted octanol–water partition coefficient (Wildman–Crippen LogP) is 5.15. The number of fused-ring (bicyclic) bond motifs is 4. The number of benzene rings is 3. The van der Waals surface area contributed by atoms with Gasteiger partial charge in [0.25, 0.3) is 0 Å². The number of hydrogen-bond acceptors (Lipinski definition) is 2. The summed E-state index contributed by atoms with van der Waals surface area (Å²) < 4.78 is 6.63. The Balaban J connectivity index is 1.85. The Morgan fingerprint density at radius 2 is 1.65 bits per heavy atom. The first kappa shape index (κ1) is 15.4. The first-order valence-corrected chi connectivity index (χ1v) is 9.10. The van der Waals surface area contributed by atoms with Gasteiger partial charge in [0.2, 0.25) is 0 Å². The van der Waals surface area contributed by atoms with Crippen LogP contribution in [0.4, 0.5) is 0 Å². The number of ether oxygens (including phenoxy) is 1. The molecular formula is C24H20O2. The van der Waals surface area contributed by atoms with Crippen molar-refractivity contribution in [2.45, 2.75) is 25.9 Å². The minimum absolute atomic E-state index is 0.0307. The maximum Gasteiger partial charge on any atom is 0.167 e. The van der Waals surface area contributed by atoms with Crippen molar-refractivity contribution in [1.29, 1.82) is 0 Å². The van der Waals surface area contributed by atoms with E-state index in [1.807, 2.05) is 6.92 Å². The highest BCUT2D eigenvalue weighted by molar-refractivity contribution is 5.96. The van der Waals surface area contributed by atoms with E-state index in [0.29, 0.717) is 0 Å². The lowest BCUT2D eigenvalue weighted by molar-refractivity contribution is -0.114. The van der Waals surface area contributed by atoms with Crippen molar-refractivity contribution in [3.05, 3.63) is 94.8 Å². The van der Waals surface area contributed by atoms with Gasteiger partial charge in [-0.05, 0) is 36.6 Å². The molecule has 0 fully saturated rings. The van der Waals surface area contributed by atoms with Crippen molar-refractivity contribution in [2.24, 2.45) is 5.92 Å². The highest BCUT2D eigenvalue weighted by atomic mass is 16.5. The third-order valence-electron chi connectivity index (χ3n) is 5.94. The predicted molar refractivity (Wildman–Crippen MR) is 103 cm³/mol. The van der Waals surface area contributed by atoms with Crippen LogP contribution in [0.25, 0.3) is 10.8 Å². The molecule has 0 N–H and O–H groups in total. The summed E-state index contributed by atoms with van der Waals surface area (Å²) in [6.45, 7) is 3.59. The molecule has 26 heavy (non-hydrogen) atoms. The number of carbonyl (C=O) groups is 1. The molecule has 0 saturated carbocycles. The average Bonchev–Trinajstić information content (AvgIpc) is 3.11. The molecule has 2 heteroatoms. The van der Waals surface area contributed by atoms with Crippen molar-refractivity contribution in [1.82, 2.24) is 0 Å². The van der Waals surface area contributed by atoms with E-state index in [1.54, 1.807) is 6.92 Å². The largest absolute Gasteiger partial charge is 0.481 e. The van der Waals surface area contributed by atoms with Crippen molar-refractivity contribution in [3.63, 3.8) is 0 Å². The van der Waals surface area contributed by atoms with Crippen molar-refractivity contribution in [2.75, 3.05) is 0 Å². The molecule has 2 aliphatic rings. The van der Waals surface area contributed by atoms with Crippen LogP contribution >= 0.6 is 0 Å². The Kier molecular flexibility index (Phi) is 3.14. The molecule has 0 aromatic heterocycles. The highest BCUT2D eigenvalue weighted by Crippen LogP contribution is 2.58. The normalized spacial score (nSPS) is 23.7. The standard InChI is InChI=1S/C24H20O2/c1-15(25)23-16(2)26-24(20-12-6-4-9-18(20)14-22(23)24)21-13-7-10-17-8-3-5-11-19(17)21/h3-13,22H,14H2,1-2H3. The number of Topliss-reactive ketones (excluding diaryl/α,β-unsaturated/α-hetero) is 1. The van der Waals surface area contributed by atoms with Gasteiger partial charge in [-0.2, -0.15) is 0 Å². The van der Waals surface area contributed by atoms with Crippen LogP contribution in [0.2, 0.25) is 0 Å². The maximum atomic E-state index is 12.4. The monoisotopic (exact) mass is 340 g/mol. The van der Waals surface area contributed by atoms with Crippen LogP contribution in [0.1, 0.15) is 30.5 Å². The van der Waals surface area contributed by atoms with Gasteiger partial charge in [0.15, 0.2) is 11.4 Å². The zero-order chi connectivity index (χ0) is 17.9. The van der Waals surface area contributed by atoms with E-state index in [4.69, 9.17) is 4.74 Å². The molecule has 5 rings (SSSR count). The van der Waals surface area contributed by atoms with Gasteiger partial charge in [0.05, 0.1) is 0 Å². The van der Waals surface area contributed by atoms with E-state index in [9.17, 15) is 4.79 Å². The summed E-state index contributed by atoms with van der Waals surface area (Å²) in [6, 6.07) is 23.3. The fourth-order valence-electron chi connectivity index (χ4n) is 5.02. The second-order valence-corrected chi connectivity index (χ2v) is 7.30. The molecule has 1 aliphatic heterocycles. The molecule has 128 valence electrons. The number of allylic oxidation sites excluding steroid dienone is 1. The van der Waals surface area contributed by atoms with E-state index in [1.165, 1.54) is 21.9 Å². The second kappa shape index (κ2) is 5.31. The molecule has 2 nitrogen and oxygen atoms in total. The highest BCUT2D eigenvalue weighted by Gasteiger charge is 2.57. The molecule has 1 heterocycles. The van der Waals surface area contributed by atoms with E-state index in [0.717, 1.165) is 23.3 Å². The first-order chi connectivity index (χ1) is 12.6. The zero-order valence-electron chi connectivity index (χ0n) is 15.0. The molecule has 2 unspecified atom stereocenters. The lowest BCUT2D eigenvalue weighted by Crippen LogP contribution is -2.33. The minimum atomic E-state index is -0.609. The fraction of sp³-hybridized carbons (Fsp3) is 0.208. The lowest BCUT2D eigenvalue weighted by Gasteiger charge is -2.33. The van der Waals surface area contributed by atoms with Gasteiger partial charge in [0.1, 0.15) is 5.76 Å². The molecule has 0 radical (unpaired) electrons. The molecule has 0 spiro atoms. The van der Waals surface area contributed by atoms with Gasteiger partial charge in [-0.3, -0.25) is 4.79 Å². The van der Waals surface area contributed by atoms with Gasteiger partial charge >= 0.3 is 0 Å². The lowest BCUT2D eigenvalue weighted by atomic mass is 9.76. The SMILES string of the molecule is CC(=O)C1=C(C)OC2(c3cccc4ccccc34)c3ccccc3CC12. The van der Waals surface area contributed by atoms with Crippen molar-refractivity contribution in [3.8, 4) is 0 Å². The molecule has 0 bridgehead atoms. The van der Waals surface area contributed by atoms with E-state index >= 15 is 0 Å². The van der Waals surface area contributed by atoms with E-state index < -0.39 is 5.60 Å². The first-order valence-electron chi connectivity index (χ1n) is 9.10. The molecule has 2 atom stereocenters. The van der Waals surface area contributed by atoms with Crippen LogP contribution in [-0.4, -0.2) is 5.78 Å². The Morgan fingerprint density at radius 1 is 0.962 bits per heavy atom. The summed E-state index contributed by atoms with van der Waals surface area (Å²) in [6.07, 6.45) is 0.839. The number of hydrogen-bond donors (Lipinski definition) is 0. The van der Waals surface area contributed by atoms with E-state index in [2.05, 4.69) is 66.7 Å². The van der Waals surface area contributed by atoms with Crippen molar-refractivity contribution < 1.29 is 9.53 Å². The van der Waals surface area contributed by atoms with Gasteiger partial charge in [-0.15, -0.1) is 0 Å². The molecule has 0 saturated heterocycles. The molecule has 3 aromatic rings. The minimum Gasteiger partial charge on any atom is -0.481 e. The molecule has 0 amide bonds. The van der Waals surface area contributed by atoms with E-state index in [-0.39, 0.29) is 11.7 Å². The molecule has 1 aliphatic carbocycles. The summed E-state index contributed by atoms with van der Waals surface area (Å²) in [5.74, 6) is 0.913. The number of rotatable bonds is 2. The van der Waals surface area contributed by atoms with Crippen LogP contribution in [0.5, 0.6) is 0 Å². The van der Waals surface area contributed by atoms with Crippen molar-refractivity contribution >= 4 is 16.6 Å². The third-order valence-corrected chi connectivity index (χ3v) is 5.94. The Hall–Kier alpha value is -2.87. The summed E-state index contributed by atoms with van der Waals surface area (Å²) in [5.41, 5.74) is 3.85. The van der Waals surface area contributed by atoms with Crippen LogP contribution < -0.4 is 0 Å². The van der Waals surface area contributed by atoms with Gasteiger partial charge in [-0.1, -0.05) is 66.7 Å². The Labute approximate surface area is 153 Å². The summed E-state index contributed by atoms with van der Waals surface area (Å²) in [7, 11) is 0. The summed E-state index contributed by atoms with van der Waals surface area (Å²) >= 11 is 0.